The van der Waals surface area contributed by atoms with Crippen LogP contribution in [-0.4, -0.2) is 5.78 Å². The molecule has 0 amide bonds. The standard InChI is InChI=1S/C15H16OS/c1-3-11(2)12-7-4-5-8-13(12)15(16)14-9-6-10-17-14/h4-11H,3H2,1-2H3. The van der Waals surface area contributed by atoms with Gasteiger partial charge in [-0.05, 0) is 29.3 Å². The number of thiophene rings is 1. The third-order valence-corrected chi connectivity index (χ3v) is 3.96. The Balaban J connectivity index is 2.42. The second kappa shape index (κ2) is 5.28. The van der Waals surface area contributed by atoms with Crippen LogP contribution in [0.3, 0.4) is 0 Å². The molecule has 0 fully saturated rings. The number of hydrogen-bond acceptors (Lipinski definition) is 2. The van der Waals surface area contributed by atoms with E-state index in [2.05, 4.69) is 19.9 Å². The second-order valence-corrected chi connectivity index (χ2v) is 5.15. The fourth-order valence-corrected chi connectivity index (χ4v) is 2.57. The number of rotatable bonds is 4. The number of ketones is 1. The van der Waals surface area contributed by atoms with Crippen molar-refractivity contribution in [2.45, 2.75) is 26.2 Å². The minimum Gasteiger partial charge on any atom is -0.288 e. The molecular weight excluding hydrogens is 228 g/mol. The van der Waals surface area contributed by atoms with Gasteiger partial charge in [-0.15, -0.1) is 11.3 Å². The minimum absolute atomic E-state index is 0.149. The van der Waals surface area contributed by atoms with E-state index in [9.17, 15) is 4.79 Å². The van der Waals surface area contributed by atoms with Crippen molar-refractivity contribution in [1.82, 2.24) is 0 Å². The van der Waals surface area contributed by atoms with E-state index >= 15 is 0 Å². The summed E-state index contributed by atoms with van der Waals surface area (Å²) in [5.74, 6) is 0.575. The van der Waals surface area contributed by atoms with Gasteiger partial charge in [0, 0.05) is 5.56 Å². The Morgan fingerprint density at radius 2 is 2.00 bits per heavy atom. The summed E-state index contributed by atoms with van der Waals surface area (Å²) < 4.78 is 0. The molecule has 0 bridgehead atoms. The molecule has 0 N–H and O–H groups in total. The maximum atomic E-state index is 12.4. The Kier molecular flexibility index (Phi) is 3.75. The fourth-order valence-electron chi connectivity index (χ4n) is 1.89. The SMILES string of the molecule is CCC(C)c1ccccc1C(=O)c1cccs1. The third-order valence-electron chi connectivity index (χ3n) is 3.09. The normalized spacial score (nSPS) is 12.4. The first-order valence-corrected chi connectivity index (χ1v) is 6.79. The summed E-state index contributed by atoms with van der Waals surface area (Å²) in [6, 6.07) is 11.8. The van der Waals surface area contributed by atoms with Crippen LogP contribution in [-0.2, 0) is 0 Å². The van der Waals surface area contributed by atoms with E-state index in [1.165, 1.54) is 11.3 Å². The summed E-state index contributed by atoms with van der Waals surface area (Å²) in [5, 5.41) is 1.94. The monoisotopic (exact) mass is 244 g/mol. The molecule has 88 valence electrons. The molecule has 2 rings (SSSR count). The highest BCUT2D eigenvalue weighted by molar-refractivity contribution is 7.12. The highest BCUT2D eigenvalue weighted by Crippen LogP contribution is 2.25. The molecule has 1 unspecified atom stereocenters. The van der Waals surface area contributed by atoms with Crippen LogP contribution in [0.5, 0.6) is 0 Å². The van der Waals surface area contributed by atoms with Gasteiger partial charge in [0.1, 0.15) is 0 Å². The first-order valence-electron chi connectivity index (χ1n) is 5.91. The summed E-state index contributed by atoms with van der Waals surface area (Å²) in [6.45, 7) is 4.32. The largest absolute Gasteiger partial charge is 0.288 e. The Bertz CT molecular complexity index is 499. The molecule has 17 heavy (non-hydrogen) atoms. The highest BCUT2D eigenvalue weighted by atomic mass is 32.1. The maximum absolute atomic E-state index is 12.4. The Labute approximate surface area is 106 Å². The van der Waals surface area contributed by atoms with Gasteiger partial charge in [-0.3, -0.25) is 4.79 Å². The van der Waals surface area contributed by atoms with E-state index in [1.54, 1.807) is 0 Å². The van der Waals surface area contributed by atoms with Crippen LogP contribution in [0.4, 0.5) is 0 Å². The van der Waals surface area contributed by atoms with Crippen LogP contribution in [0.2, 0.25) is 0 Å². The van der Waals surface area contributed by atoms with Crippen molar-refractivity contribution >= 4 is 17.1 Å². The smallest absolute Gasteiger partial charge is 0.203 e. The third kappa shape index (κ3) is 2.47. The quantitative estimate of drug-likeness (QED) is 0.724. The van der Waals surface area contributed by atoms with Gasteiger partial charge in [0.05, 0.1) is 4.88 Å². The fraction of sp³-hybridized carbons (Fsp3) is 0.267. The molecule has 1 nitrogen and oxygen atoms in total. The topological polar surface area (TPSA) is 17.1 Å². The van der Waals surface area contributed by atoms with E-state index < -0.39 is 0 Å². The van der Waals surface area contributed by atoms with Gasteiger partial charge in [0.25, 0.3) is 0 Å². The Morgan fingerprint density at radius 1 is 1.24 bits per heavy atom. The highest BCUT2D eigenvalue weighted by Gasteiger charge is 2.16. The van der Waals surface area contributed by atoms with Crippen LogP contribution in [0.15, 0.2) is 41.8 Å². The second-order valence-electron chi connectivity index (χ2n) is 4.20. The van der Waals surface area contributed by atoms with Crippen LogP contribution in [0.25, 0.3) is 0 Å². The molecule has 1 atom stereocenters. The van der Waals surface area contributed by atoms with E-state index in [1.807, 2.05) is 35.7 Å². The number of hydrogen-bond donors (Lipinski definition) is 0. The van der Waals surface area contributed by atoms with Crippen molar-refractivity contribution < 1.29 is 4.79 Å². The van der Waals surface area contributed by atoms with Gasteiger partial charge in [-0.25, -0.2) is 0 Å². The summed E-state index contributed by atoms with van der Waals surface area (Å²) in [5.41, 5.74) is 2.01. The van der Waals surface area contributed by atoms with Gasteiger partial charge in [-0.2, -0.15) is 0 Å². The lowest BCUT2D eigenvalue weighted by Gasteiger charge is -2.13. The van der Waals surface area contributed by atoms with Gasteiger partial charge in [0.2, 0.25) is 5.78 Å². The summed E-state index contributed by atoms with van der Waals surface area (Å²) >= 11 is 1.50. The van der Waals surface area contributed by atoms with Crippen molar-refractivity contribution in [3.05, 3.63) is 57.8 Å². The van der Waals surface area contributed by atoms with Crippen LogP contribution in [0.1, 0.15) is 47.0 Å². The lowest BCUT2D eigenvalue weighted by molar-refractivity contribution is 0.104. The number of carbonyl (C=O) groups is 1. The van der Waals surface area contributed by atoms with Gasteiger partial charge in [0.15, 0.2) is 0 Å². The average Bonchev–Trinajstić information content (AvgIpc) is 2.91. The zero-order chi connectivity index (χ0) is 12.3. The number of benzene rings is 1. The molecule has 2 heteroatoms. The van der Waals surface area contributed by atoms with E-state index in [-0.39, 0.29) is 5.78 Å². The summed E-state index contributed by atoms with van der Waals surface area (Å²) in [6.07, 6.45) is 1.05. The molecule has 0 saturated carbocycles. The molecule has 0 aliphatic rings. The van der Waals surface area contributed by atoms with Crippen LogP contribution < -0.4 is 0 Å². The van der Waals surface area contributed by atoms with Crippen molar-refractivity contribution in [1.29, 1.82) is 0 Å². The molecule has 2 aromatic rings. The first-order chi connectivity index (χ1) is 8.24. The molecule has 0 aliphatic heterocycles. The Hall–Kier alpha value is -1.41. The lowest BCUT2D eigenvalue weighted by Crippen LogP contribution is -2.05. The zero-order valence-electron chi connectivity index (χ0n) is 10.1. The van der Waals surface area contributed by atoms with Crippen molar-refractivity contribution in [2.24, 2.45) is 0 Å². The molecule has 1 aromatic carbocycles. The maximum Gasteiger partial charge on any atom is 0.203 e. The molecule has 0 saturated heterocycles. The molecular formula is C15H16OS. The van der Waals surface area contributed by atoms with E-state index in [4.69, 9.17) is 0 Å². The minimum atomic E-state index is 0.149. The lowest BCUT2D eigenvalue weighted by atomic mass is 9.91. The molecule has 1 heterocycles. The summed E-state index contributed by atoms with van der Waals surface area (Å²) in [4.78, 5) is 13.2. The average molecular weight is 244 g/mol. The van der Waals surface area contributed by atoms with E-state index in [0.29, 0.717) is 5.92 Å². The van der Waals surface area contributed by atoms with Gasteiger partial charge < -0.3 is 0 Å². The van der Waals surface area contributed by atoms with Crippen LogP contribution >= 0.6 is 11.3 Å². The van der Waals surface area contributed by atoms with Gasteiger partial charge in [-0.1, -0.05) is 44.2 Å². The number of carbonyl (C=O) groups excluding carboxylic acids is 1. The predicted octanol–water partition coefficient (Wildman–Crippen LogP) is 4.49. The Morgan fingerprint density at radius 3 is 2.65 bits per heavy atom. The molecule has 0 aliphatic carbocycles. The predicted molar refractivity (Wildman–Crippen MR) is 72.9 cm³/mol. The van der Waals surface area contributed by atoms with Crippen LogP contribution in [0, 0.1) is 0 Å². The molecule has 1 aromatic heterocycles. The molecule has 0 radical (unpaired) electrons. The summed E-state index contributed by atoms with van der Waals surface area (Å²) in [7, 11) is 0. The van der Waals surface area contributed by atoms with Crippen molar-refractivity contribution in [3.63, 3.8) is 0 Å². The van der Waals surface area contributed by atoms with Crippen molar-refractivity contribution in [2.75, 3.05) is 0 Å². The van der Waals surface area contributed by atoms with Gasteiger partial charge >= 0.3 is 0 Å². The van der Waals surface area contributed by atoms with Crippen molar-refractivity contribution in [3.8, 4) is 0 Å². The zero-order valence-corrected chi connectivity index (χ0v) is 11.0. The molecule has 0 spiro atoms. The first kappa shape index (κ1) is 12.1. The van der Waals surface area contributed by atoms with E-state index in [0.717, 1.165) is 22.4 Å².